The van der Waals surface area contributed by atoms with Crippen molar-refractivity contribution in [3.05, 3.63) is 22.1 Å². The average molecular weight is 237 g/mol. The first kappa shape index (κ1) is 11.3. The van der Waals surface area contributed by atoms with Gasteiger partial charge in [-0.2, -0.15) is 0 Å². The van der Waals surface area contributed by atoms with E-state index in [0.29, 0.717) is 5.52 Å². The fraction of sp³-hybridized carbons (Fsp3) is 0.455. The highest BCUT2D eigenvalue weighted by Gasteiger charge is 2.11. The first-order chi connectivity index (χ1) is 7.67. The van der Waals surface area contributed by atoms with Crippen LogP contribution in [-0.4, -0.2) is 20.8 Å². The van der Waals surface area contributed by atoms with Gasteiger partial charge < -0.3 is 4.98 Å². The van der Waals surface area contributed by atoms with Gasteiger partial charge in [-0.15, -0.1) is 0 Å². The van der Waals surface area contributed by atoms with Crippen LogP contribution >= 0.6 is 11.8 Å². The van der Waals surface area contributed by atoms with E-state index >= 15 is 0 Å². The van der Waals surface area contributed by atoms with E-state index in [0.717, 1.165) is 29.3 Å². The molecule has 0 saturated heterocycles. The van der Waals surface area contributed by atoms with E-state index in [1.807, 2.05) is 19.2 Å². The third-order valence-corrected chi connectivity index (χ3v) is 3.14. The maximum absolute atomic E-state index is 12.2. The summed E-state index contributed by atoms with van der Waals surface area (Å²) in [4.78, 5) is 19.8. The van der Waals surface area contributed by atoms with Crippen molar-refractivity contribution in [3.63, 3.8) is 0 Å². The predicted octanol–water partition coefficient (Wildman–Crippen LogP) is 2.16. The summed E-state index contributed by atoms with van der Waals surface area (Å²) in [5, 5.41) is 0.790. The lowest BCUT2D eigenvalue weighted by molar-refractivity contribution is 0.584. The first-order valence-electron chi connectivity index (χ1n) is 5.31. The Labute approximate surface area is 98.1 Å². The van der Waals surface area contributed by atoms with Gasteiger partial charge in [-0.05, 0) is 25.7 Å². The molecule has 0 spiro atoms. The summed E-state index contributed by atoms with van der Waals surface area (Å²) in [5.74, 6) is 0. The Morgan fingerprint density at radius 1 is 1.56 bits per heavy atom. The second-order valence-corrected chi connectivity index (χ2v) is 4.54. The predicted molar refractivity (Wildman–Crippen MR) is 67.2 cm³/mol. The molecule has 0 saturated carbocycles. The summed E-state index contributed by atoms with van der Waals surface area (Å²) >= 11 is 1.51. The van der Waals surface area contributed by atoms with E-state index in [1.54, 1.807) is 4.57 Å². The van der Waals surface area contributed by atoms with Crippen LogP contribution in [0.4, 0.5) is 0 Å². The lowest BCUT2D eigenvalue weighted by Crippen LogP contribution is -2.23. The van der Waals surface area contributed by atoms with Crippen LogP contribution in [0.25, 0.3) is 11.0 Å². The van der Waals surface area contributed by atoms with Crippen molar-refractivity contribution in [2.24, 2.45) is 0 Å². The summed E-state index contributed by atoms with van der Waals surface area (Å²) < 4.78 is 1.74. The van der Waals surface area contributed by atoms with Crippen molar-refractivity contribution in [1.29, 1.82) is 0 Å². The molecule has 0 fully saturated rings. The third kappa shape index (κ3) is 1.75. The number of hydrogen-bond acceptors (Lipinski definition) is 3. The molecule has 16 heavy (non-hydrogen) atoms. The molecule has 0 bridgehead atoms. The number of aromatic nitrogens is 3. The fourth-order valence-electron chi connectivity index (χ4n) is 1.79. The van der Waals surface area contributed by atoms with Crippen LogP contribution in [0.5, 0.6) is 0 Å². The monoisotopic (exact) mass is 237 g/mol. The lowest BCUT2D eigenvalue weighted by atomic mass is 10.4. The maximum Gasteiger partial charge on any atom is 0.278 e. The minimum atomic E-state index is 0.0318. The van der Waals surface area contributed by atoms with Gasteiger partial charge in [-0.25, -0.2) is 4.98 Å². The molecule has 0 aliphatic rings. The molecule has 0 atom stereocenters. The molecule has 0 radical (unpaired) electrons. The number of fused-ring (bicyclic) bond motifs is 1. The molecule has 0 aliphatic heterocycles. The van der Waals surface area contributed by atoms with Crippen LogP contribution in [0.2, 0.25) is 0 Å². The Morgan fingerprint density at radius 3 is 2.94 bits per heavy atom. The summed E-state index contributed by atoms with van der Waals surface area (Å²) in [6.45, 7) is 4.71. The Kier molecular flexibility index (Phi) is 3.05. The number of hydrogen-bond donors (Lipinski definition) is 1. The smallest absolute Gasteiger partial charge is 0.278 e. The van der Waals surface area contributed by atoms with Gasteiger partial charge >= 0.3 is 0 Å². The van der Waals surface area contributed by atoms with Crippen molar-refractivity contribution in [2.45, 2.75) is 32.0 Å². The second-order valence-electron chi connectivity index (χ2n) is 3.77. The van der Waals surface area contributed by atoms with E-state index in [2.05, 4.69) is 16.9 Å². The van der Waals surface area contributed by atoms with Crippen LogP contribution in [0, 0.1) is 6.92 Å². The van der Waals surface area contributed by atoms with E-state index < -0.39 is 0 Å². The molecule has 2 rings (SSSR count). The largest absolute Gasteiger partial charge is 0.353 e. The summed E-state index contributed by atoms with van der Waals surface area (Å²) in [7, 11) is 0. The Hall–Kier alpha value is -1.23. The number of rotatable bonds is 3. The van der Waals surface area contributed by atoms with Gasteiger partial charge in [0.1, 0.15) is 5.52 Å². The second kappa shape index (κ2) is 4.33. The average Bonchev–Trinajstić information content (AvgIpc) is 2.63. The molecule has 2 aromatic rings. The normalized spacial score (nSPS) is 11.2. The Balaban J connectivity index is 2.76. The quantitative estimate of drug-likeness (QED) is 0.657. The maximum atomic E-state index is 12.2. The summed E-state index contributed by atoms with van der Waals surface area (Å²) in [6, 6.07) is 1.91. The van der Waals surface area contributed by atoms with Gasteiger partial charge in [0.05, 0.1) is 5.52 Å². The van der Waals surface area contributed by atoms with Crippen molar-refractivity contribution < 1.29 is 0 Å². The molecule has 0 amide bonds. The van der Waals surface area contributed by atoms with Crippen molar-refractivity contribution >= 4 is 22.8 Å². The van der Waals surface area contributed by atoms with Gasteiger partial charge in [-0.3, -0.25) is 9.36 Å². The van der Waals surface area contributed by atoms with Crippen molar-refractivity contribution in [2.75, 3.05) is 6.26 Å². The molecule has 0 unspecified atom stereocenters. The standard InChI is InChI=1S/C11H15N3OS/c1-4-5-14-10(15)9-8(6-7(2)12-9)13-11(14)16-3/h6,12H,4-5H2,1-3H3. The van der Waals surface area contributed by atoms with Crippen molar-refractivity contribution in [1.82, 2.24) is 14.5 Å². The first-order valence-corrected chi connectivity index (χ1v) is 6.54. The minimum Gasteiger partial charge on any atom is -0.353 e. The van der Waals surface area contributed by atoms with Crippen LogP contribution in [0.1, 0.15) is 19.0 Å². The highest BCUT2D eigenvalue weighted by molar-refractivity contribution is 7.98. The van der Waals surface area contributed by atoms with Gasteiger partial charge in [-0.1, -0.05) is 18.7 Å². The molecular weight excluding hydrogens is 222 g/mol. The number of H-pyrrole nitrogens is 1. The molecule has 1 N–H and O–H groups in total. The van der Waals surface area contributed by atoms with Gasteiger partial charge in [0.25, 0.3) is 5.56 Å². The SMILES string of the molecule is CCCn1c(SC)nc2cc(C)[nH]c2c1=O. The summed E-state index contributed by atoms with van der Waals surface area (Å²) in [5.41, 5.74) is 2.38. The molecule has 2 aromatic heterocycles. The molecule has 86 valence electrons. The number of aromatic amines is 1. The van der Waals surface area contributed by atoms with E-state index in [4.69, 9.17) is 0 Å². The Bertz CT molecular complexity index is 570. The number of aryl methyl sites for hydroxylation is 1. The van der Waals surface area contributed by atoms with E-state index in [9.17, 15) is 4.79 Å². The zero-order valence-electron chi connectivity index (χ0n) is 9.70. The van der Waals surface area contributed by atoms with Crippen LogP contribution in [-0.2, 0) is 6.54 Å². The van der Waals surface area contributed by atoms with Crippen molar-refractivity contribution in [3.8, 4) is 0 Å². The van der Waals surface area contributed by atoms with E-state index in [-0.39, 0.29) is 5.56 Å². The molecule has 0 aliphatic carbocycles. The lowest BCUT2D eigenvalue weighted by Gasteiger charge is -2.08. The fourth-order valence-corrected chi connectivity index (χ4v) is 2.37. The Morgan fingerprint density at radius 2 is 2.31 bits per heavy atom. The van der Waals surface area contributed by atoms with Crippen LogP contribution in [0.15, 0.2) is 16.0 Å². The molecule has 4 nitrogen and oxygen atoms in total. The van der Waals surface area contributed by atoms with Gasteiger partial charge in [0.2, 0.25) is 0 Å². The highest BCUT2D eigenvalue weighted by atomic mass is 32.2. The van der Waals surface area contributed by atoms with Gasteiger partial charge in [0, 0.05) is 12.2 Å². The molecule has 0 aromatic carbocycles. The molecule has 5 heteroatoms. The summed E-state index contributed by atoms with van der Waals surface area (Å²) in [6.07, 6.45) is 2.87. The minimum absolute atomic E-state index is 0.0318. The third-order valence-electron chi connectivity index (χ3n) is 2.47. The van der Waals surface area contributed by atoms with E-state index in [1.165, 1.54) is 11.8 Å². The molecule has 2 heterocycles. The number of thioether (sulfide) groups is 1. The zero-order chi connectivity index (χ0) is 11.7. The number of nitrogens with one attached hydrogen (secondary N) is 1. The number of nitrogens with zero attached hydrogens (tertiary/aromatic N) is 2. The van der Waals surface area contributed by atoms with Gasteiger partial charge in [0.15, 0.2) is 5.16 Å². The topological polar surface area (TPSA) is 50.7 Å². The van der Waals surface area contributed by atoms with Crippen LogP contribution < -0.4 is 5.56 Å². The zero-order valence-corrected chi connectivity index (χ0v) is 10.5. The molecular formula is C11H15N3OS. The highest BCUT2D eigenvalue weighted by Crippen LogP contribution is 2.15. The van der Waals surface area contributed by atoms with Crippen LogP contribution in [0.3, 0.4) is 0 Å².